The maximum atomic E-state index is 12.9. The fourth-order valence-corrected chi connectivity index (χ4v) is 2.93. The van der Waals surface area contributed by atoms with E-state index in [1.165, 1.54) is 31.4 Å². The molecule has 27 heavy (non-hydrogen) atoms. The zero-order valence-corrected chi connectivity index (χ0v) is 15.0. The molecular formula is C19H21FN4O3. The molecule has 142 valence electrons. The van der Waals surface area contributed by atoms with E-state index in [0.29, 0.717) is 43.3 Å². The number of nitrogens with zero attached hydrogens (tertiary/aromatic N) is 3. The van der Waals surface area contributed by atoms with Gasteiger partial charge in [-0.1, -0.05) is 0 Å². The van der Waals surface area contributed by atoms with Gasteiger partial charge in [0, 0.05) is 38.1 Å². The predicted octanol–water partition coefficient (Wildman–Crippen LogP) is 1.63. The van der Waals surface area contributed by atoms with Crippen LogP contribution >= 0.6 is 0 Å². The minimum absolute atomic E-state index is 0.129. The summed E-state index contributed by atoms with van der Waals surface area (Å²) in [5, 5.41) is 2.74. The Morgan fingerprint density at radius 1 is 1.15 bits per heavy atom. The molecule has 8 heteroatoms. The number of pyridine rings is 1. The van der Waals surface area contributed by atoms with Crippen LogP contribution in [0.3, 0.4) is 0 Å². The first kappa shape index (κ1) is 18.8. The lowest BCUT2D eigenvalue weighted by Crippen LogP contribution is -2.50. The predicted molar refractivity (Wildman–Crippen MR) is 98.2 cm³/mol. The Morgan fingerprint density at radius 3 is 2.52 bits per heavy atom. The monoisotopic (exact) mass is 372 g/mol. The summed E-state index contributed by atoms with van der Waals surface area (Å²) in [6, 6.07) is 9.03. The minimum Gasteiger partial charge on any atom is -0.480 e. The summed E-state index contributed by atoms with van der Waals surface area (Å²) in [4.78, 5) is 32.6. The van der Waals surface area contributed by atoms with E-state index < -0.39 is 0 Å². The fourth-order valence-electron chi connectivity index (χ4n) is 2.93. The number of hydrogen-bond donors (Lipinski definition) is 1. The van der Waals surface area contributed by atoms with E-state index in [4.69, 9.17) is 4.74 Å². The number of nitrogens with one attached hydrogen (secondary N) is 1. The molecule has 1 aromatic carbocycles. The molecule has 1 aliphatic rings. The maximum absolute atomic E-state index is 12.9. The van der Waals surface area contributed by atoms with E-state index in [-0.39, 0.29) is 24.2 Å². The number of ether oxygens (including phenoxy) is 1. The van der Waals surface area contributed by atoms with Crippen molar-refractivity contribution >= 4 is 17.5 Å². The standard InChI is InChI=1S/C19H21FN4O3/c1-27-18-16(3-2-8-21-18)19(26)24-11-9-23(10-12-24)13-17(25)22-15-6-4-14(20)5-7-15/h2-8H,9-13H2,1H3,(H,22,25). The number of amides is 2. The van der Waals surface area contributed by atoms with Gasteiger partial charge in [0.1, 0.15) is 11.4 Å². The summed E-state index contributed by atoms with van der Waals surface area (Å²) in [7, 11) is 1.48. The van der Waals surface area contributed by atoms with Gasteiger partial charge in [-0.15, -0.1) is 0 Å². The van der Waals surface area contributed by atoms with Gasteiger partial charge in [0.15, 0.2) is 0 Å². The van der Waals surface area contributed by atoms with Gasteiger partial charge < -0.3 is 15.0 Å². The molecule has 1 aliphatic heterocycles. The second kappa shape index (κ2) is 8.59. The summed E-state index contributed by atoms with van der Waals surface area (Å²) >= 11 is 0. The molecule has 0 aliphatic carbocycles. The van der Waals surface area contributed by atoms with E-state index in [9.17, 15) is 14.0 Å². The van der Waals surface area contributed by atoms with Crippen molar-refractivity contribution in [2.75, 3.05) is 45.2 Å². The molecule has 1 N–H and O–H groups in total. The van der Waals surface area contributed by atoms with E-state index in [1.54, 1.807) is 23.2 Å². The maximum Gasteiger partial charge on any atom is 0.259 e. The minimum atomic E-state index is -0.348. The van der Waals surface area contributed by atoms with Crippen molar-refractivity contribution in [1.82, 2.24) is 14.8 Å². The zero-order valence-electron chi connectivity index (χ0n) is 15.0. The average Bonchev–Trinajstić information content (AvgIpc) is 2.69. The summed E-state index contributed by atoms with van der Waals surface area (Å²) in [6.45, 7) is 2.42. The Balaban J connectivity index is 1.50. The van der Waals surface area contributed by atoms with Crippen molar-refractivity contribution in [3.63, 3.8) is 0 Å². The first-order valence-corrected chi connectivity index (χ1v) is 8.63. The van der Waals surface area contributed by atoms with Gasteiger partial charge in [-0.05, 0) is 36.4 Å². The Bertz CT molecular complexity index is 805. The van der Waals surface area contributed by atoms with E-state index in [2.05, 4.69) is 10.3 Å². The number of hydrogen-bond acceptors (Lipinski definition) is 5. The third-order valence-electron chi connectivity index (χ3n) is 4.35. The van der Waals surface area contributed by atoms with Crippen LogP contribution in [-0.4, -0.2) is 66.4 Å². The number of benzene rings is 1. The first-order chi connectivity index (χ1) is 13.1. The van der Waals surface area contributed by atoms with Gasteiger partial charge in [-0.25, -0.2) is 9.37 Å². The summed E-state index contributed by atoms with van der Waals surface area (Å²) in [5.41, 5.74) is 0.987. The average molecular weight is 372 g/mol. The Hall–Kier alpha value is -3.00. The zero-order chi connectivity index (χ0) is 19.2. The number of aromatic nitrogens is 1. The highest BCUT2D eigenvalue weighted by Crippen LogP contribution is 2.17. The lowest BCUT2D eigenvalue weighted by Gasteiger charge is -2.34. The van der Waals surface area contributed by atoms with Crippen LogP contribution < -0.4 is 10.1 Å². The Labute approximate surface area is 156 Å². The highest BCUT2D eigenvalue weighted by Gasteiger charge is 2.25. The first-order valence-electron chi connectivity index (χ1n) is 8.63. The van der Waals surface area contributed by atoms with Crippen LogP contribution in [0.25, 0.3) is 0 Å². The van der Waals surface area contributed by atoms with Gasteiger partial charge >= 0.3 is 0 Å². The lowest BCUT2D eigenvalue weighted by molar-refractivity contribution is -0.117. The molecule has 0 atom stereocenters. The number of rotatable bonds is 5. The second-order valence-electron chi connectivity index (χ2n) is 6.18. The van der Waals surface area contributed by atoms with Crippen molar-refractivity contribution < 1.29 is 18.7 Å². The van der Waals surface area contributed by atoms with Crippen LogP contribution in [-0.2, 0) is 4.79 Å². The lowest BCUT2D eigenvalue weighted by atomic mass is 10.2. The van der Waals surface area contributed by atoms with Crippen molar-refractivity contribution in [2.45, 2.75) is 0 Å². The molecule has 1 aromatic heterocycles. The molecule has 3 rings (SSSR count). The van der Waals surface area contributed by atoms with Crippen LogP contribution in [0.2, 0.25) is 0 Å². The smallest absolute Gasteiger partial charge is 0.259 e. The highest BCUT2D eigenvalue weighted by atomic mass is 19.1. The molecule has 2 heterocycles. The molecule has 0 bridgehead atoms. The van der Waals surface area contributed by atoms with Crippen LogP contribution in [0.1, 0.15) is 10.4 Å². The second-order valence-corrected chi connectivity index (χ2v) is 6.18. The molecule has 1 fully saturated rings. The van der Waals surface area contributed by atoms with Crippen molar-refractivity contribution in [1.29, 1.82) is 0 Å². The van der Waals surface area contributed by atoms with Crippen LogP contribution in [0.15, 0.2) is 42.6 Å². The van der Waals surface area contributed by atoms with Crippen molar-refractivity contribution in [3.8, 4) is 5.88 Å². The van der Waals surface area contributed by atoms with Gasteiger partial charge in [0.05, 0.1) is 13.7 Å². The SMILES string of the molecule is COc1ncccc1C(=O)N1CCN(CC(=O)Nc2ccc(F)cc2)CC1. The number of methoxy groups -OCH3 is 1. The van der Waals surface area contributed by atoms with Crippen LogP contribution in [0.5, 0.6) is 5.88 Å². The Kier molecular flexibility index (Phi) is 5.97. The van der Waals surface area contributed by atoms with Gasteiger partial charge in [0.25, 0.3) is 5.91 Å². The third kappa shape index (κ3) is 4.79. The Morgan fingerprint density at radius 2 is 1.85 bits per heavy atom. The quantitative estimate of drug-likeness (QED) is 0.863. The molecular weight excluding hydrogens is 351 g/mol. The molecule has 2 aromatic rings. The molecule has 0 saturated carbocycles. The summed E-state index contributed by atoms with van der Waals surface area (Å²) in [5.74, 6) is -0.340. The molecule has 2 amide bonds. The molecule has 0 radical (unpaired) electrons. The topological polar surface area (TPSA) is 74.8 Å². The number of carbonyl (C=O) groups excluding carboxylic acids is 2. The highest BCUT2D eigenvalue weighted by molar-refractivity contribution is 5.96. The van der Waals surface area contributed by atoms with Crippen molar-refractivity contribution in [3.05, 3.63) is 54.0 Å². The third-order valence-corrected chi connectivity index (χ3v) is 4.35. The molecule has 7 nitrogen and oxygen atoms in total. The summed E-state index contributed by atoms with van der Waals surface area (Å²) in [6.07, 6.45) is 1.58. The summed E-state index contributed by atoms with van der Waals surface area (Å²) < 4.78 is 18.1. The van der Waals surface area contributed by atoms with E-state index >= 15 is 0 Å². The van der Waals surface area contributed by atoms with Gasteiger partial charge in [0.2, 0.25) is 11.8 Å². The number of halogens is 1. The fraction of sp³-hybridized carbons (Fsp3) is 0.316. The van der Waals surface area contributed by atoms with E-state index in [0.717, 1.165) is 0 Å². The van der Waals surface area contributed by atoms with Crippen LogP contribution in [0.4, 0.5) is 10.1 Å². The largest absolute Gasteiger partial charge is 0.480 e. The molecule has 0 spiro atoms. The number of anilines is 1. The molecule has 0 unspecified atom stereocenters. The molecule has 1 saturated heterocycles. The van der Waals surface area contributed by atoms with Gasteiger partial charge in [-0.3, -0.25) is 14.5 Å². The van der Waals surface area contributed by atoms with Crippen molar-refractivity contribution in [2.24, 2.45) is 0 Å². The number of piperazine rings is 1. The van der Waals surface area contributed by atoms with E-state index in [1.807, 2.05) is 4.90 Å². The normalized spacial score (nSPS) is 14.7. The van der Waals surface area contributed by atoms with Gasteiger partial charge in [-0.2, -0.15) is 0 Å². The number of carbonyl (C=O) groups is 2. The van der Waals surface area contributed by atoms with Crippen LogP contribution in [0, 0.1) is 5.82 Å².